The van der Waals surface area contributed by atoms with Crippen LogP contribution in [0.3, 0.4) is 0 Å². The fourth-order valence-corrected chi connectivity index (χ4v) is 3.42. The van der Waals surface area contributed by atoms with Gasteiger partial charge in [0.25, 0.3) is 0 Å². The van der Waals surface area contributed by atoms with Crippen LogP contribution in [0.15, 0.2) is 42.5 Å². The van der Waals surface area contributed by atoms with Crippen molar-refractivity contribution in [1.82, 2.24) is 10.2 Å². The SMILES string of the molecule is CC[C@@H](C)NC(=O)[C@H](C)N(Cc1ccc(C)cc1)C(=O)Cc1c(Cl)cccc1Cl. The molecule has 0 bridgehead atoms. The highest BCUT2D eigenvalue weighted by molar-refractivity contribution is 6.36. The minimum atomic E-state index is -0.626. The highest BCUT2D eigenvalue weighted by atomic mass is 35.5. The van der Waals surface area contributed by atoms with Gasteiger partial charge in [0, 0.05) is 22.6 Å². The molecular weight excluding hydrogens is 407 g/mol. The summed E-state index contributed by atoms with van der Waals surface area (Å²) in [7, 11) is 0. The zero-order chi connectivity index (χ0) is 21.6. The maximum absolute atomic E-state index is 13.2. The van der Waals surface area contributed by atoms with Gasteiger partial charge in [0.2, 0.25) is 11.8 Å². The Labute approximate surface area is 183 Å². The highest BCUT2D eigenvalue weighted by Gasteiger charge is 2.27. The Balaban J connectivity index is 2.28. The summed E-state index contributed by atoms with van der Waals surface area (Å²) in [4.78, 5) is 27.5. The van der Waals surface area contributed by atoms with E-state index >= 15 is 0 Å². The van der Waals surface area contributed by atoms with Gasteiger partial charge in [-0.05, 0) is 50.5 Å². The first-order valence-corrected chi connectivity index (χ1v) is 10.6. The lowest BCUT2D eigenvalue weighted by molar-refractivity contribution is -0.140. The lowest BCUT2D eigenvalue weighted by atomic mass is 10.1. The third kappa shape index (κ3) is 6.48. The predicted molar refractivity (Wildman–Crippen MR) is 119 cm³/mol. The summed E-state index contributed by atoms with van der Waals surface area (Å²) in [5.74, 6) is -0.377. The molecular formula is C23H28Cl2N2O2. The highest BCUT2D eigenvalue weighted by Crippen LogP contribution is 2.26. The van der Waals surface area contributed by atoms with E-state index in [0.29, 0.717) is 22.2 Å². The molecule has 2 amide bonds. The summed E-state index contributed by atoms with van der Waals surface area (Å²) in [6.45, 7) is 8.03. The maximum Gasteiger partial charge on any atom is 0.242 e. The van der Waals surface area contributed by atoms with Crippen LogP contribution < -0.4 is 5.32 Å². The largest absolute Gasteiger partial charge is 0.352 e. The Kier molecular flexibility index (Phi) is 8.54. The number of halogens is 2. The van der Waals surface area contributed by atoms with Crippen molar-refractivity contribution in [3.63, 3.8) is 0 Å². The molecule has 0 saturated carbocycles. The maximum atomic E-state index is 13.2. The molecule has 0 aliphatic rings. The van der Waals surface area contributed by atoms with Crippen molar-refractivity contribution in [1.29, 1.82) is 0 Å². The molecule has 2 atom stereocenters. The van der Waals surface area contributed by atoms with E-state index in [1.807, 2.05) is 45.0 Å². The molecule has 0 aliphatic heterocycles. The van der Waals surface area contributed by atoms with Crippen LogP contribution >= 0.6 is 23.2 Å². The van der Waals surface area contributed by atoms with Crippen molar-refractivity contribution in [2.45, 2.75) is 59.2 Å². The molecule has 0 aromatic heterocycles. The lowest BCUT2D eigenvalue weighted by Crippen LogP contribution is -2.49. The molecule has 4 nitrogen and oxygen atoms in total. The fourth-order valence-electron chi connectivity index (χ4n) is 2.89. The quantitative estimate of drug-likeness (QED) is 0.622. The van der Waals surface area contributed by atoms with Crippen molar-refractivity contribution in [2.75, 3.05) is 0 Å². The molecule has 2 aromatic carbocycles. The number of nitrogens with one attached hydrogen (secondary N) is 1. The van der Waals surface area contributed by atoms with Crippen molar-refractivity contribution in [3.05, 3.63) is 69.2 Å². The van der Waals surface area contributed by atoms with Gasteiger partial charge >= 0.3 is 0 Å². The second-order valence-corrected chi connectivity index (χ2v) is 8.19. The molecule has 2 aromatic rings. The average Bonchev–Trinajstić information content (AvgIpc) is 2.69. The molecule has 0 heterocycles. The number of aryl methyl sites for hydroxylation is 1. The standard InChI is InChI=1S/C23H28Cl2N2O2/c1-5-16(3)26-23(29)17(4)27(14-18-11-9-15(2)10-12-18)22(28)13-19-20(24)7-6-8-21(19)25/h6-12,16-17H,5,13-14H2,1-4H3,(H,26,29)/t16-,17+/m1/s1. The van der Waals surface area contributed by atoms with E-state index in [0.717, 1.165) is 17.5 Å². The van der Waals surface area contributed by atoms with Crippen LogP contribution in [0, 0.1) is 6.92 Å². The molecule has 0 fully saturated rings. The lowest BCUT2D eigenvalue weighted by Gasteiger charge is -2.30. The fraction of sp³-hybridized carbons (Fsp3) is 0.391. The number of hydrogen-bond acceptors (Lipinski definition) is 2. The van der Waals surface area contributed by atoms with Crippen LogP contribution in [-0.4, -0.2) is 28.8 Å². The van der Waals surface area contributed by atoms with Crippen molar-refractivity contribution in [2.24, 2.45) is 0 Å². The van der Waals surface area contributed by atoms with E-state index in [2.05, 4.69) is 5.32 Å². The van der Waals surface area contributed by atoms with Crippen LogP contribution in [0.5, 0.6) is 0 Å². The zero-order valence-corrected chi connectivity index (χ0v) is 18.8. The van der Waals surface area contributed by atoms with E-state index in [4.69, 9.17) is 23.2 Å². The van der Waals surface area contributed by atoms with Gasteiger partial charge in [-0.1, -0.05) is 66.0 Å². The first kappa shape index (κ1) is 23.2. The summed E-state index contributed by atoms with van der Waals surface area (Å²) >= 11 is 12.5. The topological polar surface area (TPSA) is 49.4 Å². The minimum absolute atomic E-state index is 0.0331. The van der Waals surface area contributed by atoms with Crippen molar-refractivity contribution in [3.8, 4) is 0 Å². The van der Waals surface area contributed by atoms with Crippen molar-refractivity contribution >= 4 is 35.0 Å². The summed E-state index contributed by atoms with van der Waals surface area (Å²) in [5.41, 5.74) is 2.67. The van der Waals surface area contributed by atoms with Gasteiger partial charge in [-0.2, -0.15) is 0 Å². The minimum Gasteiger partial charge on any atom is -0.352 e. The molecule has 0 radical (unpaired) electrons. The molecule has 2 rings (SSSR count). The van der Waals surface area contributed by atoms with E-state index in [1.54, 1.807) is 30.0 Å². The normalized spacial score (nSPS) is 12.9. The molecule has 6 heteroatoms. The summed E-state index contributed by atoms with van der Waals surface area (Å²) in [5, 5.41) is 3.85. The molecule has 0 unspecified atom stereocenters. The molecule has 0 spiro atoms. The van der Waals surface area contributed by atoms with E-state index in [-0.39, 0.29) is 24.3 Å². The van der Waals surface area contributed by atoms with E-state index in [1.165, 1.54) is 0 Å². The number of benzene rings is 2. The van der Waals surface area contributed by atoms with E-state index in [9.17, 15) is 9.59 Å². The number of rotatable bonds is 8. The molecule has 1 N–H and O–H groups in total. The third-order valence-electron chi connectivity index (χ3n) is 5.03. The van der Waals surface area contributed by atoms with Crippen LogP contribution in [-0.2, 0) is 22.6 Å². The van der Waals surface area contributed by atoms with Crippen LogP contribution in [0.25, 0.3) is 0 Å². The van der Waals surface area contributed by atoms with Gasteiger partial charge in [-0.15, -0.1) is 0 Å². The molecule has 156 valence electrons. The predicted octanol–water partition coefficient (Wildman–Crippen LogP) is 5.18. The Morgan fingerprint density at radius 1 is 1.03 bits per heavy atom. The summed E-state index contributed by atoms with van der Waals surface area (Å²) in [6, 6.07) is 12.5. The van der Waals surface area contributed by atoms with Crippen molar-refractivity contribution < 1.29 is 9.59 Å². The van der Waals surface area contributed by atoms with Gasteiger partial charge in [-0.25, -0.2) is 0 Å². The molecule has 0 aliphatic carbocycles. The second-order valence-electron chi connectivity index (χ2n) is 7.38. The Bertz CT molecular complexity index is 832. The van der Waals surface area contributed by atoms with Gasteiger partial charge in [0.15, 0.2) is 0 Å². The number of carbonyl (C=O) groups excluding carboxylic acids is 2. The zero-order valence-electron chi connectivity index (χ0n) is 17.3. The molecule has 29 heavy (non-hydrogen) atoms. The Morgan fingerprint density at radius 3 is 2.17 bits per heavy atom. The second kappa shape index (κ2) is 10.7. The van der Waals surface area contributed by atoms with Gasteiger partial charge in [0.05, 0.1) is 6.42 Å². The monoisotopic (exact) mass is 434 g/mol. The third-order valence-corrected chi connectivity index (χ3v) is 5.74. The summed E-state index contributed by atoms with van der Waals surface area (Å²) < 4.78 is 0. The number of hydrogen-bond donors (Lipinski definition) is 1. The smallest absolute Gasteiger partial charge is 0.242 e. The summed E-state index contributed by atoms with van der Waals surface area (Å²) in [6.07, 6.45) is 0.852. The first-order valence-electron chi connectivity index (χ1n) is 9.81. The Morgan fingerprint density at radius 2 is 1.62 bits per heavy atom. The van der Waals surface area contributed by atoms with Crippen LogP contribution in [0.4, 0.5) is 0 Å². The van der Waals surface area contributed by atoms with E-state index < -0.39 is 6.04 Å². The number of carbonyl (C=O) groups is 2. The average molecular weight is 435 g/mol. The van der Waals surface area contributed by atoms with Gasteiger partial charge < -0.3 is 10.2 Å². The molecule has 0 saturated heterocycles. The Hall–Kier alpha value is -2.04. The number of amides is 2. The van der Waals surface area contributed by atoms with Crippen LogP contribution in [0.1, 0.15) is 43.9 Å². The number of nitrogens with zero attached hydrogens (tertiary/aromatic N) is 1. The van der Waals surface area contributed by atoms with Gasteiger partial charge in [0.1, 0.15) is 6.04 Å². The van der Waals surface area contributed by atoms with Gasteiger partial charge in [-0.3, -0.25) is 9.59 Å². The first-order chi connectivity index (χ1) is 13.7. The van der Waals surface area contributed by atoms with Crippen LogP contribution in [0.2, 0.25) is 10.0 Å².